The van der Waals surface area contributed by atoms with E-state index < -0.39 is 0 Å². The van der Waals surface area contributed by atoms with Gasteiger partial charge in [-0.15, -0.1) is 0 Å². The maximum atomic E-state index is 5.39. The van der Waals surface area contributed by atoms with E-state index in [2.05, 4.69) is 206 Å². The van der Waals surface area contributed by atoms with Crippen molar-refractivity contribution >= 4 is 43.1 Å². The van der Waals surface area contributed by atoms with Gasteiger partial charge in [-0.2, -0.15) is 0 Å². The first-order valence-electron chi connectivity index (χ1n) is 21.5. The maximum absolute atomic E-state index is 5.39. The average molecular weight is 816 g/mol. The molecule has 0 unspecified atom stereocenters. The van der Waals surface area contributed by atoms with Gasteiger partial charge in [0.15, 0.2) is 23.3 Å². The van der Waals surface area contributed by atoms with Crippen molar-refractivity contribution in [1.82, 2.24) is 24.9 Å². The summed E-state index contributed by atoms with van der Waals surface area (Å²) in [5, 5.41) is 8.98. The summed E-state index contributed by atoms with van der Waals surface area (Å²) in [5.41, 5.74) is 9.55. The molecule has 0 spiro atoms. The van der Waals surface area contributed by atoms with E-state index in [1.807, 2.05) is 18.2 Å². The minimum Gasteiger partial charge on any atom is -0.228 e. The molecule has 0 N–H and O–H groups in total. The van der Waals surface area contributed by atoms with Gasteiger partial charge in [0.2, 0.25) is 0 Å². The van der Waals surface area contributed by atoms with Gasteiger partial charge in [-0.1, -0.05) is 200 Å². The molecule has 0 aliphatic carbocycles. The first kappa shape index (κ1) is 37.1. The zero-order chi connectivity index (χ0) is 42.4. The summed E-state index contributed by atoms with van der Waals surface area (Å²) in [6.07, 6.45) is 0. The molecule has 0 radical (unpaired) electrons. The predicted molar refractivity (Wildman–Crippen MR) is 263 cm³/mol. The van der Waals surface area contributed by atoms with Crippen LogP contribution in [0, 0.1) is 0 Å². The largest absolute Gasteiger partial charge is 0.228 e. The number of hydrogen-bond donors (Lipinski definition) is 0. The highest BCUT2D eigenvalue weighted by molar-refractivity contribution is 6.14. The van der Waals surface area contributed by atoms with Gasteiger partial charge in [-0.3, -0.25) is 0 Å². The Balaban J connectivity index is 1.12. The fourth-order valence-electron chi connectivity index (χ4n) is 8.98. The van der Waals surface area contributed by atoms with Gasteiger partial charge in [0.1, 0.15) is 5.69 Å². The lowest BCUT2D eigenvalue weighted by Gasteiger charge is -2.15. The third kappa shape index (κ3) is 6.73. The first-order chi connectivity index (χ1) is 31.7. The highest BCUT2D eigenvalue weighted by Gasteiger charge is 2.21. The Morgan fingerprint density at radius 2 is 0.609 bits per heavy atom. The first-order valence-corrected chi connectivity index (χ1v) is 21.5. The second-order valence-electron chi connectivity index (χ2n) is 16.0. The fourth-order valence-corrected chi connectivity index (χ4v) is 8.98. The summed E-state index contributed by atoms with van der Waals surface area (Å²) in [6, 6.07) is 78.2. The van der Waals surface area contributed by atoms with Gasteiger partial charge in [-0.05, 0) is 89.6 Å². The Bertz CT molecular complexity index is 3580. The van der Waals surface area contributed by atoms with E-state index in [-0.39, 0.29) is 0 Å². The highest BCUT2D eigenvalue weighted by atomic mass is 15.1. The van der Waals surface area contributed by atoms with Crippen LogP contribution in [0.2, 0.25) is 0 Å². The smallest absolute Gasteiger partial charge is 0.182 e. The number of rotatable bonds is 7. The number of aromatic nitrogens is 5. The monoisotopic (exact) mass is 815 g/mol. The van der Waals surface area contributed by atoms with Gasteiger partial charge >= 0.3 is 0 Å². The van der Waals surface area contributed by atoms with Crippen molar-refractivity contribution in [3.8, 4) is 79.2 Å². The SMILES string of the molecule is c1ccc(-c2ccc(-c3nc(-c4cccc(-c5ccccc5)c4)cc(-c4nc(-c5cc6ccccc6c6ccccc56)nc(-c5cc6ccccc6c6ccccc56)n4)n3)cc2)cc1. The van der Waals surface area contributed by atoms with Crippen molar-refractivity contribution in [3.63, 3.8) is 0 Å². The molecule has 2 heterocycles. The molecule has 0 aliphatic heterocycles. The Kier molecular flexibility index (Phi) is 9.08. The maximum Gasteiger partial charge on any atom is 0.182 e. The van der Waals surface area contributed by atoms with Crippen LogP contribution in [0.15, 0.2) is 224 Å². The molecule has 12 aromatic rings. The van der Waals surface area contributed by atoms with Crippen LogP contribution in [0.4, 0.5) is 0 Å². The quantitative estimate of drug-likeness (QED) is 0.150. The van der Waals surface area contributed by atoms with Crippen LogP contribution >= 0.6 is 0 Å². The summed E-state index contributed by atoms with van der Waals surface area (Å²) in [7, 11) is 0. The summed E-state index contributed by atoms with van der Waals surface area (Å²) >= 11 is 0. The van der Waals surface area contributed by atoms with E-state index in [9.17, 15) is 0 Å². The number of benzene rings is 10. The van der Waals surface area contributed by atoms with E-state index >= 15 is 0 Å². The van der Waals surface area contributed by atoms with Crippen molar-refractivity contribution in [3.05, 3.63) is 224 Å². The lowest BCUT2D eigenvalue weighted by Crippen LogP contribution is -2.04. The zero-order valence-corrected chi connectivity index (χ0v) is 34.6. The lowest BCUT2D eigenvalue weighted by atomic mass is 9.96. The molecule has 0 bridgehead atoms. The van der Waals surface area contributed by atoms with Crippen molar-refractivity contribution in [2.75, 3.05) is 0 Å². The van der Waals surface area contributed by atoms with Crippen molar-refractivity contribution in [2.45, 2.75) is 0 Å². The van der Waals surface area contributed by atoms with E-state index in [0.717, 1.165) is 82.5 Å². The Labute approximate surface area is 370 Å². The fraction of sp³-hybridized carbons (Fsp3) is 0. The van der Waals surface area contributed by atoms with Gasteiger partial charge < -0.3 is 0 Å². The van der Waals surface area contributed by atoms with Crippen molar-refractivity contribution < 1.29 is 0 Å². The molecule has 0 aliphatic rings. The molecule has 0 saturated heterocycles. The van der Waals surface area contributed by atoms with Gasteiger partial charge in [0, 0.05) is 22.3 Å². The van der Waals surface area contributed by atoms with Crippen LogP contribution in [0.3, 0.4) is 0 Å². The molecular weight excluding hydrogens is 779 g/mol. The van der Waals surface area contributed by atoms with Crippen LogP contribution in [-0.2, 0) is 0 Å². The lowest BCUT2D eigenvalue weighted by molar-refractivity contribution is 1.05. The van der Waals surface area contributed by atoms with E-state index in [1.54, 1.807) is 0 Å². The molecule has 0 atom stereocenters. The van der Waals surface area contributed by atoms with Crippen LogP contribution in [0.5, 0.6) is 0 Å². The molecule has 0 fully saturated rings. The number of hydrogen-bond acceptors (Lipinski definition) is 5. The van der Waals surface area contributed by atoms with Gasteiger partial charge in [0.25, 0.3) is 0 Å². The van der Waals surface area contributed by atoms with E-state index in [1.165, 1.54) is 10.8 Å². The summed E-state index contributed by atoms with van der Waals surface area (Å²) < 4.78 is 0. The average Bonchev–Trinajstić information content (AvgIpc) is 3.38. The molecule has 298 valence electrons. The minimum atomic E-state index is 0.458. The molecule has 2 aromatic heterocycles. The van der Waals surface area contributed by atoms with Crippen LogP contribution in [0.25, 0.3) is 122 Å². The highest BCUT2D eigenvalue weighted by Crippen LogP contribution is 2.39. The topological polar surface area (TPSA) is 64.5 Å². The van der Waals surface area contributed by atoms with Crippen molar-refractivity contribution in [2.24, 2.45) is 0 Å². The van der Waals surface area contributed by atoms with Crippen LogP contribution < -0.4 is 0 Å². The third-order valence-corrected chi connectivity index (χ3v) is 12.1. The molecule has 5 nitrogen and oxygen atoms in total. The van der Waals surface area contributed by atoms with Gasteiger partial charge in [0.05, 0.1) is 5.69 Å². The Morgan fingerprint density at radius 1 is 0.203 bits per heavy atom. The molecule has 0 saturated carbocycles. The zero-order valence-electron chi connectivity index (χ0n) is 34.6. The Morgan fingerprint density at radius 3 is 1.19 bits per heavy atom. The van der Waals surface area contributed by atoms with Crippen molar-refractivity contribution in [1.29, 1.82) is 0 Å². The minimum absolute atomic E-state index is 0.458. The second-order valence-corrected chi connectivity index (χ2v) is 16.0. The predicted octanol–water partition coefficient (Wildman–Crippen LogP) is 14.9. The molecule has 64 heavy (non-hydrogen) atoms. The Hall–Kier alpha value is -8.67. The summed E-state index contributed by atoms with van der Waals surface area (Å²) in [6.45, 7) is 0. The summed E-state index contributed by atoms with van der Waals surface area (Å²) in [4.78, 5) is 26.7. The second kappa shape index (κ2) is 15.7. The molecule has 5 heteroatoms. The van der Waals surface area contributed by atoms with Gasteiger partial charge in [-0.25, -0.2) is 24.9 Å². The molecule has 12 rings (SSSR count). The number of nitrogens with zero attached hydrogens (tertiary/aromatic N) is 5. The van der Waals surface area contributed by atoms with E-state index in [4.69, 9.17) is 24.9 Å². The van der Waals surface area contributed by atoms with Crippen LogP contribution in [-0.4, -0.2) is 24.9 Å². The molecular formula is C59H37N5. The normalized spacial score (nSPS) is 11.4. The third-order valence-electron chi connectivity index (χ3n) is 12.1. The van der Waals surface area contributed by atoms with Crippen LogP contribution in [0.1, 0.15) is 0 Å². The molecule has 10 aromatic carbocycles. The van der Waals surface area contributed by atoms with E-state index in [0.29, 0.717) is 29.0 Å². The summed E-state index contributed by atoms with van der Waals surface area (Å²) in [5.74, 6) is 2.17. The molecule has 0 amide bonds. The number of fused-ring (bicyclic) bond motifs is 6. The standard InChI is InChI=1S/C59H37N5/c1-3-16-38(17-4-1)40-30-32-41(33-31-40)56-60-54(45-23-15-22-42(34-45)39-18-5-2-6-19-39)37-55(61-56)59-63-57(52-35-43-20-7-9-24-46(43)48-26-11-13-28-50(48)52)62-58(64-59)53-36-44-21-8-10-25-47(44)49-27-12-14-29-51(49)53/h1-37H.